The zero-order valence-electron chi connectivity index (χ0n) is 11.1. The molecule has 2 rings (SSSR count). The van der Waals surface area contributed by atoms with Crippen LogP contribution in [0, 0.1) is 6.92 Å². The number of hydrogen-bond acceptors (Lipinski definition) is 1. The van der Waals surface area contributed by atoms with Crippen LogP contribution in [0.5, 0.6) is 0 Å². The second kappa shape index (κ2) is 6.56. The van der Waals surface area contributed by atoms with Crippen LogP contribution in [0.3, 0.4) is 0 Å². The summed E-state index contributed by atoms with van der Waals surface area (Å²) in [6.45, 7) is 5.09. The Hall–Kier alpha value is -0.830. The lowest BCUT2D eigenvalue weighted by molar-refractivity contribution is 0.574. The fourth-order valence-electron chi connectivity index (χ4n) is 1.93. The third kappa shape index (κ3) is 4.07. The zero-order chi connectivity index (χ0) is 13.8. The Bertz CT molecular complexity index is 551. The van der Waals surface area contributed by atoms with Crippen molar-refractivity contribution in [3.8, 4) is 0 Å². The van der Waals surface area contributed by atoms with Crippen LogP contribution in [0.25, 0.3) is 0 Å². The standard InChI is InChI=1S/C16H17BrClN/c1-11-3-4-14(16(17)9-11)10-19-12(2)13-5-7-15(18)8-6-13/h3-9,12,19H,10H2,1-2H3/t12-/m0/s1. The molecule has 0 radical (unpaired) electrons. The molecule has 3 heteroatoms. The summed E-state index contributed by atoms with van der Waals surface area (Å²) in [5, 5.41) is 4.30. The van der Waals surface area contributed by atoms with Crippen molar-refractivity contribution in [2.24, 2.45) is 0 Å². The molecule has 2 aromatic rings. The van der Waals surface area contributed by atoms with Crippen molar-refractivity contribution in [1.29, 1.82) is 0 Å². The summed E-state index contributed by atoms with van der Waals surface area (Å²) in [7, 11) is 0. The van der Waals surface area contributed by atoms with Gasteiger partial charge in [-0.1, -0.05) is 51.8 Å². The third-order valence-corrected chi connectivity index (χ3v) is 4.17. The summed E-state index contributed by atoms with van der Waals surface area (Å²) in [6, 6.07) is 14.7. The molecule has 0 saturated carbocycles. The molecule has 0 aliphatic heterocycles. The average molecular weight is 339 g/mol. The topological polar surface area (TPSA) is 12.0 Å². The molecule has 1 N–H and O–H groups in total. The van der Waals surface area contributed by atoms with E-state index in [0.29, 0.717) is 6.04 Å². The van der Waals surface area contributed by atoms with E-state index in [1.54, 1.807) is 0 Å². The van der Waals surface area contributed by atoms with E-state index in [2.05, 4.69) is 65.4 Å². The van der Waals surface area contributed by atoms with Gasteiger partial charge in [-0.2, -0.15) is 0 Å². The minimum Gasteiger partial charge on any atom is -0.306 e. The fraction of sp³-hybridized carbons (Fsp3) is 0.250. The predicted molar refractivity (Wildman–Crippen MR) is 85.6 cm³/mol. The average Bonchev–Trinajstić information content (AvgIpc) is 2.38. The molecule has 19 heavy (non-hydrogen) atoms. The Morgan fingerprint density at radius 3 is 2.47 bits per heavy atom. The molecule has 0 aliphatic carbocycles. The Morgan fingerprint density at radius 2 is 1.84 bits per heavy atom. The predicted octanol–water partition coefficient (Wildman–Crippen LogP) is 5.26. The molecule has 0 heterocycles. The first-order chi connectivity index (χ1) is 9.06. The van der Waals surface area contributed by atoms with E-state index in [9.17, 15) is 0 Å². The smallest absolute Gasteiger partial charge is 0.0406 e. The van der Waals surface area contributed by atoms with Crippen LogP contribution in [0.4, 0.5) is 0 Å². The lowest BCUT2D eigenvalue weighted by atomic mass is 10.1. The number of benzene rings is 2. The van der Waals surface area contributed by atoms with Crippen LogP contribution >= 0.6 is 27.5 Å². The monoisotopic (exact) mass is 337 g/mol. The number of halogens is 2. The molecule has 100 valence electrons. The van der Waals surface area contributed by atoms with Crippen molar-refractivity contribution in [1.82, 2.24) is 5.32 Å². The summed E-state index contributed by atoms with van der Waals surface area (Å²) in [4.78, 5) is 0. The van der Waals surface area contributed by atoms with E-state index in [1.165, 1.54) is 16.7 Å². The summed E-state index contributed by atoms with van der Waals surface area (Å²) < 4.78 is 1.16. The molecule has 1 atom stereocenters. The van der Waals surface area contributed by atoms with E-state index in [-0.39, 0.29) is 0 Å². The van der Waals surface area contributed by atoms with E-state index >= 15 is 0 Å². The Kier molecular flexibility index (Phi) is 5.03. The van der Waals surface area contributed by atoms with E-state index in [4.69, 9.17) is 11.6 Å². The number of hydrogen-bond donors (Lipinski definition) is 1. The minimum absolute atomic E-state index is 0.297. The van der Waals surface area contributed by atoms with Gasteiger partial charge < -0.3 is 5.32 Å². The van der Waals surface area contributed by atoms with Crippen LogP contribution in [-0.2, 0) is 6.54 Å². The highest BCUT2D eigenvalue weighted by Crippen LogP contribution is 2.20. The Labute approximate surface area is 128 Å². The molecule has 1 nitrogen and oxygen atoms in total. The molecule has 0 fully saturated rings. The van der Waals surface area contributed by atoms with Gasteiger partial charge in [0, 0.05) is 22.1 Å². The van der Waals surface area contributed by atoms with Crippen molar-refractivity contribution in [2.75, 3.05) is 0 Å². The maximum Gasteiger partial charge on any atom is 0.0406 e. The van der Waals surface area contributed by atoms with Gasteiger partial charge in [-0.15, -0.1) is 0 Å². The molecule has 0 spiro atoms. The minimum atomic E-state index is 0.297. The molecular formula is C16H17BrClN. The first kappa shape index (κ1) is 14.6. The van der Waals surface area contributed by atoms with Crippen molar-refractivity contribution in [3.05, 3.63) is 68.7 Å². The summed E-state index contributed by atoms with van der Waals surface area (Å²) in [5.74, 6) is 0. The molecule has 0 amide bonds. The Morgan fingerprint density at radius 1 is 1.16 bits per heavy atom. The van der Waals surface area contributed by atoms with Gasteiger partial charge in [0.2, 0.25) is 0 Å². The molecule has 0 saturated heterocycles. The molecular weight excluding hydrogens is 322 g/mol. The fourth-order valence-corrected chi connectivity index (χ4v) is 2.69. The number of nitrogens with one attached hydrogen (secondary N) is 1. The first-order valence-corrected chi connectivity index (χ1v) is 7.47. The van der Waals surface area contributed by atoms with Gasteiger partial charge in [0.1, 0.15) is 0 Å². The SMILES string of the molecule is Cc1ccc(CN[C@@H](C)c2ccc(Cl)cc2)c(Br)c1. The van der Waals surface area contributed by atoms with E-state index in [0.717, 1.165) is 16.0 Å². The van der Waals surface area contributed by atoms with E-state index in [1.807, 2.05) is 12.1 Å². The van der Waals surface area contributed by atoms with Gasteiger partial charge in [0.15, 0.2) is 0 Å². The van der Waals surface area contributed by atoms with Crippen LogP contribution < -0.4 is 5.32 Å². The van der Waals surface area contributed by atoms with Gasteiger partial charge in [-0.25, -0.2) is 0 Å². The van der Waals surface area contributed by atoms with Crippen LogP contribution in [-0.4, -0.2) is 0 Å². The summed E-state index contributed by atoms with van der Waals surface area (Å²) in [5.41, 5.74) is 3.78. The summed E-state index contributed by atoms with van der Waals surface area (Å²) >= 11 is 9.50. The normalized spacial score (nSPS) is 12.4. The van der Waals surface area contributed by atoms with Gasteiger partial charge in [-0.3, -0.25) is 0 Å². The molecule has 0 aromatic heterocycles. The van der Waals surface area contributed by atoms with Gasteiger partial charge in [0.05, 0.1) is 0 Å². The molecule has 0 bridgehead atoms. The van der Waals surface area contributed by atoms with Crippen LogP contribution in [0.2, 0.25) is 5.02 Å². The van der Waals surface area contributed by atoms with Crippen molar-refractivity contribution >= 4 is 27.5 Å². The third-order valence-electron chi connectivity index (χ3n) is 3.18. The highest BCUT2D eigenvalue weighted by Gasteiger charge is 2.06. The lowest BCUT2D eigenvalue weighted by Gasteiger charge is -2.15. The van der Waals surface area contributed by atoms with Gasteiger partial charge >= 0.3 is 0 Å². The quantitative estimate of drug-likeness (QED) is 0.801. The Balaban J connectivity index is 2.00. The molecule has 2 aromatic carbocycles. The van der Waals surface area contributed by atoms with Crippen LogP contribution in [0.1, 0.15) is 29.7 Å². The second-order valence-electron chi connectivity index (χ2n) is 4.75. The second-order valence-corrected chi connectivity index (χ2v) is 6.04. The number of rotatable bonds is 4. The van der Waals surface area contributed by atoms with Gasteiger partial charge in [0.25, 0.3) is 0 Å². The molecule has 0 unspecified atom stereocenters. The molecule has 0 aliphatic rings. The first-order valence-electron chi connectivity index (χ1n) is 6.30. The maximum absolute atomic E-state index is 5.90. The van der Waals surface area contributed by atoms with Crippen molar-refractivity contribution < 1.29 is 0 Å². The van der Waals surface area contributed by atoms with Crippen molar-refractivity contribution in [2.45, 2.75) is 26.4 Å². The maximum atomic E-state index is 5.90. The highest BCUT2D eigenvalue weighted by molar-refractivity contribution is 9.10. The number of aryl methyl sites for hydroxylation is 1. The highest BCUT2D eigenvalue weighted by atomic mass is 79.9. The van der Waals surface area contributed by atoms with Crippen LogP contribution in [0.15, 0.2) is 46.9 Å². The van der Waals surface area contributed by atoms with Crippen molar-refractivity contribution in [3.63, 3.8) is 0 Å². The lowest BCUT2D eigenvalue weighted by Crippen LogP contribution is -2.18. The van der Waals surface area contributed by atoms with E-state index < -0.39 is 0 Å². The largest absolute Gasteiger partial charge is 0.306 e. The zero-order valence-corrected chi connectivity index (χ0v) is 13.4. The van der Waals surface area contributed by atoms with Gasteiger partial charge in [-0.05, 0) is 48.7 Å². The summed E-state index contributed by atoms with van der Waals surface area (Å²) in [6.07, 6.45) is 0.